The Kier molecular flexibility index (Phi) is 2.91. The number of hydrogen-bond donors (Lipinski definition) is 2. The van der Waals surface area contributed by atoms with Gasteiger partial charge in [0.25, 0.3) is 5.91 Å². The molecule has 0 aliphatic heterocycles. The Morgan fingerprint density at radius 2 is 2.28 bits per heavy atom. The zero-order valence-electron chi connectivity index (χ0n) is 10.2. The molecule has 0 saturated heterocycles. The van der Waals surface area contributed by atoms with Crippen LogP contribution < -0.4 is 5.32 Å². The van der Waals surface area contributed by atoms with Crippen LogP contribution in [0.2, 0.25) is 0 Å². The summed E-state index contributed by atoms with van der Waals surface area (Å²) < 4.78 is 0. The molecular formula is C13H15N3OS. The first-order chi connectivity index (χ1) is 8.75. The van der Waals surface area contributed by atoms with Gasteiger partial charge in [0.1, 0.15) is 5.82 Å². The molecule has 0 unspecified atom stereocenters. The van der Waals surface area contributed by atoms with E-state index in [-0.39, 0.29) is 5.91 Å². The molecule has 4 nitrogen and oxygen atoms in total. The molecule has 5 heteroatoms. The highest BCUT2D eigenvalue weighted by atomic mass is 32.1. The number of hydrogen-bond acceptors (Lipinski definition) is 3. The minimum atomic E-state index is -0.0262. The fourth-order valence-electron chi connectivity index (χ4n) is 2.34. The Morgan fingerprint density at radius 3 is 3.06 bits per heavy atom. The van der Waals surface area contributed by atoms with Gasteiger partial charge in [0.2, 0.25) is 0 Å². The highest BCUT2D eigenvalue weighted by Crippen LogP contribution is 2.30. The third kappa shape index (κ3) is 1.95. The lowest BCUT2D eigenvalue weighted by molar-refractivity contribution is 0.102. The van der Waals surface area contributed by atoms with Gasteiger partial charge in [0.15, 0.2) is 0 Å². The maximum absolute atomic E-state index is 12.2. The number of aromatic nitrogens is 2. The summed E-state index contributed by atoms with van der Waals surface area (Å²) in [6.45, 7) is 1.92. The van der Waals surface area contributed by atoms with Gasteiger partial charge in [-0.1, -0.05) is 0 Å². The van der Waals surface area contributed by atoms with Crippen LogP contribution in [-0.4, -0.2) is 16.1 Å². The van der Waals surface area contributed by atoms with Crippen LogP contribution in [0.3, 0.4) is 0 Å². The maximum Gasteiger partial charge on any atom is 0.257 e. The van der Waals surface area contributed by atoms with Crippen molar-refractivity contribution in [1.82, 2.24) is 10.2 Å². The third-order valence-electron chi connectivity index (χ3n) is 3.37. The van der Waals surface area contributed by atoms with Gasteiger partial charge in [0.05, 0.1) is 11.8 Å². The molecule has 1 amide bonds. The van der Waals surface area contributed by atoms with E-state index < -0.39 is 0 Å². The van der Waals surface area contributed by atoms with E-state index in [0.717, 1.165) is 24.0 Å². The number of anilines is 1. The van der Waals surface area contributed by atoms with Crippen LogP contribution in [-0.2, 0) is 12.8 Å². The van der Waals surface area contributed by atoms with Crippen LogP contribution in [0.4, 0.5) is 5.82 Å². The number of fused-ring (bicyclic) bond motifs is 1. The van der Waals surface area contributed by atoms with Crippen LogP contribution >= 0.6 is 11.3 Å². The number of carbonyl (C=O) groups is 1. The quantitative estimate of drug-likeness (QED) is 0.873. The van der Waals surface area contributed by atoms with Crippen molar-refractivity contribution in [2.24, 2.45) is 0 Å². The number of nitrogens with zero attached hydrogens (tertiary/aromatic N) is 1. The van der Waals surface area contributed by atoms with Crippen LogP contribution in [0.5, 0.6) is 0 Å². The van der Waals surface area contributed by atoms with Gasteiger partial charge >= 0.3 is 0 Å². The maximum atomic E-state index is 12.2. The van der Waals surface area contributed by atoms with Crippen LogP contribution in [0.1, 0.15) is 39.2 Å². The summed E-state index contributed by atoms with van der Waals surface area (Å²) in [6.07, 6.45) is 6.29. The predicted octanol–water partition coefficient (Wildman–Crippen LogP) is 2.91. The minimum absolute atomic E-state index is 0.0262. The number of H-pyrrole nitrogens is 1. The zero-order valence-corrected chi connectivity index (χ0v) is 11.1. The van der Waals surface area contributed by atoms with Gasteiger partial charge in [-0.15, -0.1) is 11.3 Å². The summed E-state index contributed by atoms with van der Waals surface area (Å²) >= 11 is 1.71. The molecule has 0 aromatic carbocycles. The lowest BCUT2D eigenvalue weighted by Crippen LogP contribution is -2.15. The lowest BCUT2D eigenvalue weighted by Gasteiger charge is -2.12. The monoisotopic (exact) mass is 261 g/mol. The topological polar surface area (TPSA) is 57.8 Å². The first-order valence-corrected chi connectivity index (χ1v) is 7.04. The Hall–Kier alpha value is -1.62. The molecule has 0 fully saturated rings. The van der Waals surface area contributed by atoms with Gasteiger partial charge in [0, 0.05) is 15.8 Å². The van der Waals surface area contributed by atoms with Crippen LogP contribution in [0.25, 0.3) is 0 Å². The fraction of sp³-hybridized carbons (Fsp3) is 0.385. The van der Waals surface area contributed by atoms with E-state index in [1.807, 2.05) is 12.3 Å². The van der Waals surface area contributed by atoms with Crippen molar-refractivity contribution in [3.63, 3.8) is 0 Å². The molecule has 1 aliphatic rings. The normalized spacial score (nSPS) is 14.3. The van der Waals surface area contributed by atoms with Gasteiger partial charge in [-0.3, -0.25) is 9.89 Å². The minimum Gasteiger partial charge on any atom is -0.307 e. The van der Waals surface area contributed by atoms with E-state index in [1.54, 1.807) is 17.5 Å². The van der Waals surface area contributed by atoms with Crippen LogP contribution in [0.15, 0.2) is 11.6 Å². The van der Waals surface area contributed by atoms with Crippen molar-refractivity contribution in [3.8, 4) is 0 Å². The van der Waals surface area contributed by atoms with Gasteiger partial charge in [-0.25, -0.2) is 0 Å². The Morgan fingerprint density at radius 1 is 1.44 bits per heavy atom. The summed E-state index contributed by atoms with van der Waals surface area (Å²) in [5.41, 5.74) is 3.04. The Bertz CT molecular complexity index is 585. The number of aromatic amines is 1. The Balaban J connectivity index is 1.85. The zero-order chi connectivity index (χ0) is 12.5. The highest BCUT2D eigenvalue weighted by Gasteiger charge is 2.20. The molecule has 0 spiro atoms. The molecule has 18 heavy (non-hydrogen) atoms. The van der Waals surface area contributed by atoms with Gasteiger partial charge in [-0.2, -0.15) is 5.10 Å². The first kappa shape index (κ1) is 11.5. The molecule has 0 bridgehead atoms. The summed E-state index contributed by atoms with van der Waals surface area (Å²) in [5.74, 6) is 0.664. The summed E-state index contributed by atoms with van der Waals surface area (Å²) in [6, 6.07) is 0. The van der Waals surface area contributed by atoms with Crippen molar-refractivity contribution < 1.29 is 4.79 Å². The average molecular weight is 261 g/mol. The molecule has 94 valence electrons. The second-order valence-electron chi connectivity index (χ2n) is 4.64. The molecule has 0 atom stereocenters. The third-order valence-corrected chi connectivity index (χ3v) is 4.46. The fourth-order valence-corrected chi connectivity index (χ4v) is 3.46. The van der Waals surface area contributed by atoms with Crippen LogP contribution in [0, 0.1) is 6.92 Å². The van der Waals surface area contributed by atoms with E-state index in [0.29, 0.717) is 5.82 Å². The number of thiophene rings is 1. The lowest BCUT2D eigenvalue weighted by atomic mass is 9.95. The van der Waals surface area contributed by atoms with E-state index in [2.05, 4.69) is 15.5 Å². The van der Waals surface area contributed by atoms with E-state index in [9.17, 15) is 4.79 Å². The van der Waals surface area contributed by atoms with Crippen molar-refractivity contribution in [1.29, 1.82) is 0 Å². The Labute approximate surface area is 109 Å². The molecule has 1 aliphatic carbocycles. The average Bonchev–Trinajstić information content (AvgIpc) is 2.96. The summed E-state index contributed by atoms with van der Waals surface area (Å²) in [4.78, 5) is 13.6. The number of carbonyl (C=O) groups excluding carboxylic acids is 1. The molecule has 3 rings (SSSR count). The molecule has 0 saturated carbocycles. The van der Waals surface area contributed by atoms with Gasteiger partial charge in [-0.05, 0) is 38.2 Å². The SMILES string of the molecule is Cc1cn[nH]c1NC(=O)c1csc2c1CCCC2. The molecule has 2 aromatic rings. The number of nitrogens with one attached hydrogen (secondary N) is 2. The second kappa shape index (κ2) is 4.57. The number of amides is 1. The molecule has 2 N–H and O–H groups in total. The van der Waals surface area contributed by atoms with Crippen molar-refractivity contribution in [2.45, 2.75) is 32.6 Å². The largest absolute Gasteiger partial charge is 0.307 e. The van der Waals surface area contributed by atoms with Gasteiger partial charge < -0.3 is 5.32 Å². The summed E-state index contributed by atoms with van der Waals surface area (Å²) in [5, 5.41) is 11.6. The molecule has 0 radical (unpaired) electrons. The first-order valence-electron chi connectivity index (χ1n) is 6.16. The molecular weight excluding hydrogens is 246 g/mol. The van der Waals surface area contributed by atoms with E-state index in [4.69, 9.17) is 0 Å². The van der Waals surface area contributed by atoms with Crippen molar-refractivity contribution >= 4 is 23.1 Å². The number of aryl methyl sites for hydroxylation is 2. The van der Waals surface area contributed by atoms with E-state index >= 15 is 0 Å². The molecule has 2 aromatic heterocycles. The standard InChI is InChI=1S/C13H15N3OS/c1-8-6-14-16-12(8)15-13(17)10-7-18-11-5-3-2-4-9(10)11/h6-7H,2-5H2,1H3,(H2,14,15,16,17). The number of rotatable bonds is 2. The predicted molar refractivity (Wildman–Crippen MR) is 72.2 cm³/mol. The highest BCUT2D eigenvalue weighted by molar-refractivity contribution is 7.10. The smallest absolute Gasteiger partial charge is 0.257 e. The summed E-state index contributed by atoms with van der Waals surface area (Å²) in [7, 11) is 0. The molecule has 2 heterocycles. The van der Waals surface area contributed by atoms with Crippen molar-refractivity contribution in [2.75, 3.05) is 5.32 Å². The van der Waals surface area contributed by atoms with Crippen molar-refractivity contribution in [3.05, 3.63) is 33.1 Å². The second-order valence-corrected chi connectivity index (χ2v) is 5.60. The van der Waals surface area contributed by atoms with E-state index in [1.165, 1.54) is 23.3 Å².